The molecule has 0 spiro atoms. The Hall–Kier alpha value is -1.57. The third-order valence-corrected chi connectivity index (χ3v) is 4.29. The third-order valence-electron chi connectivity index (χ3n) is 4.29. The van der Waals surface area contributed by atoms with E-state index in [2.05, 4.69) is 57.2 Å². The van der Waals surface area contributed by atoms with E-state index in [1.165, 1.54) is 11.1 Å². The van der Waals surface area contributed by atoms with Gasteiger partial charge in [0.25, 0.3) is 0 Å². The molecule has 0 amide bonds. The second-order valence-electron chi connectivity index (χ2n) is 6.08. The van der Waals surface area contributed by atoms with Crippen LogP contribution < -0.4 is 0 Å². The number of benzene rings is 1. The summed E-state index contributed by atoms with van der Waals surface area (Å²) in [5.74, 6) is 1.46. The molecule has 2 nitrogen and oxygen atoms in total. The minimum absolute atomic E-state index is 0.102. The zero-order valence-corrected chi connectivity index (χ0v) is 11.9. The Kier molecular flexibility index (Phi) is 2.96. The van der Waals surface area contributed by atoms with Crippen molar-refractivity contribution in [2.75, 3.05) is 6.61 Å². The predicted molar refractivity (Wildman–Crippen MR) is 79.5 cm³/mol. The Morgan fingerprint density at radius 3 is 2.84 bits per heavy atom. The first-order valence-electron chi connectivity index (χ1n) is 7.08. The van der Waals surface area contributed by atoms with Gasteiger partial charge in [-0.2, -0.15) is 0 Å². The normalized spacial score (nSPS) is 29.1. The Morgan fingerprint density at radius 1 is 1.32 bits per heavy atom. The van der Waals surface area contributed by atoms with Gasteiger partial charge in [0.2, 0.25) is 0 Å². The third kappa shape index (κ3) is 1.99. The van der Waals surface area contributed by atoms with E-state index in [9.17, 15) is 0 Å². The van der Waals surface area contributed by atoms with Gasteiger partial charge in [0.15, 0.2) is 5.90 Å². The molecule has 1 aliphatic heterocycles. The largest absolute Gasteiger partial charge is 0.478 e. The predicted octanol–water partition coefficient (Wildman–Crippen LogP) is 3.81. The fourth-order valence-corrected chi connectivity index (χ4v) is 2.91. The topological polar surface area (TPSA) is 21.6 Å². The molecule has 0 N–H and O–H groups in total. The average Bonchev–Trinajstić information content (AvgIpc) is 2.90. The molecule has 19 heavy (non-hydrogen) atoms. The van der Waals surface area contributed by atoms with Crippen LogP contribution in [0, 0.1) is 5.92 Å². The van der Waals surface area contributed by atoms with E-state index in [0.717, 1.165) is 18.9 Å². The molecule has 2 heteroatoms. The molecule has 1 aliphatic carbocycles. The highest BCUT2D eigenvalue weighted by Gasteiger charge is 2.40. The van der Waals surface area contributed by atoms with Gasteiger partial charge in [0, 0.05) is 0 Å². The average molecular weight is 255 g/mol. The fourth-order valence-electron chi connectivity index (χ4n) is 2.91. The van der Waals surface area contributed by atoms with Crippen LogP contribution in [0.15, 0.2) is 35.3 Å². The zero-order chi connectivity index (χ0) is 13.5. The molecule has 1 aromatic carbocycles. The number of hydrogen-bond donors (Lipinski definition) is 0. The van der Waals surface area contributed by atoms with Gasteiger partial charge in [-0.15, -0.1) is 0 Å². The smallest absolute Gasteiger partial charge is 0.194 e. The van der Waals surface area contributed by atoms with Crippen LogP contribution in [0.1, 0.15) is 38.3 Å². The highest BCUT2D eigenvalue weighted by molar-refractivity contribution is 5.91. The lowest BCUT2D eigenvalue weighted by atomic mass is 9.74. The van der Waals surface area contributed by atoms with Crippen LogP contribution in [0.25, 0.3) is 6.08 Å². The lowest BCUT2D eigenvalue weighted by Crippen LogP contribution is -2.34. The van der Waals surface area contributed by atoms with Gasteiger partial charge in [-0.3, -0.25) is 0 Å². The number of allylic oxidation sites excluding steroid dienone is 1. The summed E-state index contributed by atoms with van der Waals surface area (Å²) in [6.07, 6.45) is 5.40. The van der Waals surface area contributed by atoms with Crippen molar-refractivity contribution in [3.63, 3.8) is 0 Å². The first-order valence-corrected chi connectivity index (χ1v) is 7.08. The van der Waals surface area contributed by atoms with Crippen molar-refractivity contribution in [1.29, 1.82) is 0 Å². The summed E-state index contributed by atoms with van der Waals surface area (Å²) in [6.45, 7) is 7.39. The monoisotopic (exact) mass is 255 g/mol. The van der Waals surface area contributed by atoms with Crippen LogP contribution in [0.3, 0.4) is 0 Å². The van der Waals surface area contributed by atoms with E-state index in [4.69, 9.17) is 9.73 Å². The van der Waals surface area contributed by atoms with E-state index in [0.29, 0.717) is 12.0 Å². The van der Waals surface area contributed by atoms with Crippen molar-refractivity contribution in [1.82, 2.24) is 0 Å². The highest BCUT2D eigenvalue weighted by atomic mass is 16.5. The molecule has 0 unspecified atom stereocenters. The minimum atomic E-state index is -0.102. The van der Waals surface area contributed by atoms with Crippen molar-refractivity contribution in [2.24, 2.45) is 10.9 Å². The maximum Gasteiger partial charge on any atom is 0.194 e. The SMILES string of the molecule is CC(C)[C@H]1COC([C@@]2(C)CC=Cc3ccccc32)=N1. The Morgan fingerprint density at radius 2 is 2.11 bits per heavy atom. The molecule has 1 heterocycles. The number of hydrogen-bond acceptors (Lipinski definition) is 2. The molecule has 100 valence electrons. The zero-order valence-electron chi connectivity index (χ0n) is 11.9. The number of rotatable bonds is 2. The lowest BCUT2D eigenvalue weighted by Gasteiger charge is -2.32. The van der Waals surface area contributed by atoms with Crippen molar-refractivity contribution in [2.45, 2.75) is 38.6 Å². The van der Waals surface area contributed by atoms with Crippen molar-refractivity contribution in [3.8, 4) is 0 Å². The van der Waals surface area contributed by atoms with E-state index >= 15 is 0 Å². The standard InChI is InChI=1S/C17H21NO/c1-12(2)15-11-19-16(18-15)17(3)10-6-8-13-7-4-5-9-14(13)17/h4-9,12,15H,10-11H2,1-3H3/t15-,17+/m1/s1. The summed E-state index contributed by atoms with van der Waals surface area (Å²) in [5.41, 5.74) is 2.52. The summed E-state index contributed by atoms with van der Waals surface area (Å²) in [6, 6.07) is 8.87. The summed E-state index contributed by atoms with van der Waals surface area (Å²) in [7, 11) is 0. The number of ether oxygens (including phenoxy) is 1. The molecule has 0 fully saturated rings. The number of nitrogens with zero attached hydrogens (tertiary/aromatic N) is 1. The van der Waals surface area contributed by atoms with Gasteiger partial charge in [0.1, 0.15) is 6.61 Å². The van der Waals surface area contributed by atoms with Gasteiger partial charge in [0.05, 0.1) is 11.5 Å². The minimum Gasteiger partial charge on any atom is -0.478 e. The van der Waals surface area contributed by atoms with E-state index in [1.54, 1.807) is 0 Å². The molecule has 2 aliphatic rings. The molecule has 0 bridgehead atoms. The van der Waals surface area contributed by atoms with Crippen molar-refractivity contribution >= 4 is 12.0 Å². The fraction of sp³-hybridized carbons (Fsp3) is 0.471. The van der Waals surface area contributed by atoms with Gasteiger partial charge in [-0.25, -0.2) is 4.99 Å². The maximum atomic E-state index is 5.94. The van der Waals surface area contributed by atoms with E-state index in [1.807, 2.05) is 0 Å². The van der Waals surface area contributed by atoms with Crippen LogP contribution in [0.5, 0.6) is 0 Å². The second kappa shape index (κ2) is 4.52. The van der Waals surface area contributed by atoms with Gasteiger partial charge < -0.3 is 4.74 Å². The lowest BCUT2D eigenvalue weighted by molar-refractivity contribution is 0.271. The molecule has 0 saturated carbocycles. The van der Waals surface area contributed by atoms with Crippen molar-refractivity contribution in [3.05, 3.63) is 41.5 Å². The highest BCUT2D eigenvalue weighted by Crippen LogP contribution is 2.38. The quantitative estimate of drug-likeness (QED) is 0.787. The number of aliphatic imine (C=N–C) groups is 1. The van der Waals surface area contributed by atoms with Gasteiger partial charge >= 0.3 is 0 Å². The first-order chi connectivity index (χ1) is 9.11. The van der Waals surface area contributed by atoms with Gasteiger partial charge in [-0.05, 0) is 30.4 Å². The summed E-state index contributed by atoms with van der Waals surface area (Å²) in [4.78, 5) is 4.84. The van der Waals surface area contributed by atoms with Crippen molar-refractivity contribution < 1.29 is 4.74 Å². The summed E-state index contributed by atoms with van der Waals surface area (Å²) >= 11 is 0. The maximum absolute atomic E-state index is 5.94. The molecule has 1 aromatic rings. The van der Waals surface area contributed by atoms with Crippen LogP contribution in [-0.2, 0) is 10.2 Å². The summed E-state index contributed by atoms with van der Waals surface area (Å²) in [5, 5.41) is 0. The molecule has 0 aromatic heterocycles. The first kappa shape index (κ1) is 12.5. The second-order valence-corrected chi connectivity index (χ2v) is 6.08. The molecule has 3 rings (SSSR count). The molecule has 0 radical (unpaired) electrons. The van der Waals surface area contributed by atoms with E-state index < -0.39 is 0 Å². The summed E-state index contributed by atoms with van der Waals surface area (Å²) < 4.78 is 5.94. The molecular weight excluding hydrogens is 234 g/mol. The Labute approximate surface area is 115 Å². The molecular formula is C17H21NO. The Balaban J connectivity index is 2.01. The van der Waals surface area contributed by atoms with Crippen LogP contribution in [-0.4, -0.2) is 18.5 Å². The molecule has 0 saturated heterocycles. The van der Waals surface area contributed by atoms with Gasteiger partial charge in [-0.1, -0.05) is 50.3 Å². The van der Waals surface area contributed by atoms with E-state index in [-0.39, 0.29) is 5.41 Å². The van der Waals surface area contributed by atoms with Crippen LogP contribution >= 0.6 is 0 Å². The number of fused-ring (bicyclic) bond motifs is 1. The van der Waals surface area contributed by atoms with Crippen LogP contribution in [0.2, 0.25) is 0 Å². The molecule has 2 atom stereocenters. The Bertz CT molecular complexity index is 544. The van der Waals surface area contributed by atoms with Crippen LogP contribution in [0.4, 0.5) is 0 Å².